The van der Waals surface area contributed by atoms with Gasteiger partial charge in [0.05, 0.1) is 5.69 Å². The standard InChI is InChI=1S/C23H17N3O5/c1-14-9-15(12-25(14)16-5-3-2-4-6-16)10-18-21(27)24-23(29)26(22(18)28)17-7-8-19-20(11-17)31-13-30-19/h2-12H,13H2,1H3,(H,24,27,29)/b18-10-. The first-order valence-electron chi connectivity index (χ1n) is 9.57. The minimum atomic E-state index is -0.816. The number of imide groups is 2. The van der Waals surface area contributed by atoms with Gasteiger partial charge < -0.3 is 14.0 Å². The molecular formula is C23H17N3O5. The van der Waals surface area contributed by atoms with E-state index in [2.05, 4.69) is 5.32 Å². The van der Waals surface area contributed by atoms with Crippen LogP contribution >= 0.6 is 0 Å². The molecule has 31 heavy (non-hydrogen) atoms. The fourth-order valence-corrected chi connectivity index (χ4v) is 3.63. The Kier molecular flexibility index (Phi) is 4.32. The monoisotopic (exact) mass is 415 g/mol. The van der Waals surface area contributed by atoms with Crippen molar-refractivity contribution < 1.29 is 23.9 Å². The highest BCUT2D eigenvalue weighted by Gasteiger charge is 2.37. The lowest BCUT2D eigenvalue weighted by Gasteiger charge is -2.26. The van der Waals surface area contributed by atoms with Crippen molar-refractivity contribution in [3.05, 3.63) is 77.6 Å². The van der Waals surface area contributed by atoms with E-state index < -0.39 is 17.8 Å². The van der Waals surface area contributed by atoms with Crippen LogP contribution in [-0.2, 0) is 9.59 Å². The van der Waals surface area contributed by atoms with E-state index in [1.54, 1.807) is 12.1 Å². The molecule has 0 unspecified atom stereocenters. The van der Waals surface area contributed by atoms with Gasteiger partial charge in [-0.3, -0.25) is 14.9 Å². The van der Waals surface area contributed by atoms with Crippen molar-refractivity contribution in [3.8, 4) is 17.2 Å². The smallest absolute Gasteiger partial charge is 0.335 e. The van der Waals surface area contributed by atoms with Gasteiger partial charge in [0, 0.05) is 23.6 Å². The van der Waals surface area contributed by atoms with Crippen molar-refractivity contribution in [2.75, 3.05) is 11.7 Å². The van der Waals surface area contributed by atoms with Crippen LogP contribution in [0.4, 0.5) is 10.5 Å². The molecule has 5 rings (SSSR count). The summed E-state index contributed by atoms with van der Waals surface area (Å²) in [7, 11) is 0. The quantitative estimate of drug-likeness (QED) is 0.524. The molecule has 3 heterocycles. The Morgan fingerprint density at radius 1 is 0.935 bits per heavy atom. The number of aromatic nitrogens is 1. The minimum absolute atomic E-state index is 0.0698. The molecule has 0 aliphatic carbocycles. The second-order valence-electron chi connectivity index (χ2n) is 7.12. The summed E-state index contributed by atoms with van der Waals surface area (Å²) in [5, 5.41) is 2.23. The molecule has 0 atom stereocenters. The predicted octanol–water partition coefficient (Wildman–Crippen LogP) is 3.18. The zero-order chi connectivity index (χ0) is 21.5. The van der Waals surface area contributed by atoms with E-state index >= 15 is 0 Å². The summed E-state index contributed by atoms with van der Waals surface area (Å²) < 4.78 is 12.6. The summed E-state index contributed by atoms with van der Waals surface area (Å²) in [4.78, 5) is 38.9. The summed E-state index contributed by atoms with van der Waals surface area (Å²) in [5.74, 6) is -0.496. The number of para-hydroxylation sites is 1. The molecule has 1 saturated heterocycles. The van der Waals surface area contributed by atoms with Crippen molar-refractivity contribution in [1.29, 1.82) is 0 Å². The van der Waals surface area contributed by atoms with Crippen molar-refractivity contribution >= 4 is 29.6 Å². The summed E-state index contributed by atoms with van der Waals surface area (Å²) in [6.45, 7) is 2.00. The first-order valence-corrected chi connectivity index (χ1v) is 9.57. The Labute approximate surface area is 177 Å². The fraction of sp³-hybridized carbons (Fsp3) is 0.0870. The van der Waals surface area contributed by atoms with Crippen molar-refractivity contribution in [3.63, 3.8) is 0 Å². The summed E-state index contributed by atoms with van der Waals surface area (Å²) >= 11 is 0. The van der Waals surface area contributed by atoms with Crippen molar-refractivity contribution in [2.24, 2.45) is 0 Å². The van der Waals surface area contributed by atoms with Gasteiger partial charge in [-0.2, -0.15) is 0 Å². The Hall–Kier alpha value is -4.33. The second-order valence-corrected chi connectivity index (χ2v) is 7.12. The van der Waals surface area contributed by atoms with Gasteiger partial charge in [0.15, 0.2) is 11.5 Å². The maximum atomic E-state index is 13.1. The molecule has 1 aromatic heterocycles. The van der Waals surface area contributed by atoms with Gasteiger partial charge in [-0.1, -0.05) is 18.2 Å². The number of nitrogens with zero attached hydrogens (tertiary/aromatic N) is 2. The van der Waals surface area contributed by atoms with Crippen LogP contribution in [0.5, 0.6) is 11.5 Å². The van der Waals surface area contributed by atoms with E-state index in [4.69, 9.17) is 9.47 Å². The molecule has 0 bridgehead atoms. The van der Waals surface area contributed by atoms with Crippen LogP contribution in [0.15, 0.2) is 66.4 Å². The van der Waals surface area contributed by atoms with E-state index in [0.29, 0.717) is 17.1 Å². The summed E-state index contributed by atoms with van der Waals surface area (Å²) in [6, 6.07) is 15.5. The van der Waals surface area contributed by atoms with Crippen molar-refractivity contribution in [2.45, 2.75) is 6.92 Å². The molecule has 0 spiro atoms. The lowest BCUT2D eigenvalue weighted by atomic mass is 10.1. The fourth-order valence-electron chi connectivity index (χ4n) is 3.63. The normalized spacial score (nSPS) is 16.7. The number of benzene rings is 2. The molecule has 8 heteroatoms. The minimum Gasteiger partial charge on any atom is -0.454 e. The number of anilines is 1. The van der Waals surface area contributed by atoms with Crippen LogP contribution < -0.4 is 19.7 Å². The topological polar surface area (TPSA) is 89.9 Å². The lowest BCUT2D eigenvalue weighted by molar-refractivity contribution is -0.122. The Balaban J connectivity index is 1.51. The van der Waals surface area contributed by atoms with Gasteiger partial charge in [0.2, 0.25) is 6.79 Å². The SMILES string of the molecule is Cc1cc(/C=C2/C(=O)NC(=O)N(c3ccc4c(c3)OCO4)C2=O)cn1-c1ccccc1. The number of urea groups is 1. The average Bonchev–Trinajstić information content (AvgIpc) is 3.37. The average molecular weight is 415 g/mol. The van der Waals surface area contributed by atoms with Gasteiger partial charge >= 0.3 is 6.03 Å². The number of aryl methyl sites for hydroxylation is 1. The Morgan fingerprint density at radius 3 is 2.52 bits per heavy atom. The lowest BCUT2D eigenvalue weighted by Crippen LogP contribution is -2.54. The van der Waals surface area contributed by atoms with Crippen LogP contribution in [0.2, 0.25) is 0 Å². The predicted molar refractivity (Wildman–Crippen MR) is 112 cm³/mol. The van der Waals surface area contributed by atoms with E-state index in [1.807, 2.05) is 54.1 Å². The number of hydrogen-bond acceptors (Lipinski definition) is 5. The molecule has 2 aliphatic heterocycles. The molecule has 1 fully saturated rings. The van der Waals surface area contributed by atoms with E-state index in [1.165, 1.54) is 12.1 Å². The highest BCUT2D eigenvalue weighted by atomic mass is 16.7. The molecule has 2 aliphatic rings. The third kappa shape index (κ3) is 3.24. The largest absolute Gasteiger partial charge is 0.454 e. The number of carbonyl (C=O) groups is 3. The van der Waals surface area contributed by atoms with Gasteiger partial charge in [0.25, 0.3) is 11.8 Å². The third-order valence-electron chi connectivity index (χ3n) is 5.10. The number of fused-ring (bicyclic) bond motifs is 1. The molecule has 3 aromatic rings. The van der Waals surface area contributed by atoms with E-state index in [-0.39, 0.29) is 18.1 Å². The molecule has 8 nitrogen and oxygen atoms in total. The zero-order valence-corrected chi connectivity index (χ0v) is 16.5. The van der Waals surface area contributed by atoms with Crippen LogP contribution in [-0.4, -0.2) is 29.2 Å². The Bertz CT molecular complexity index is 1260. The van der Waals surface area contributed by atoms with E-state index in [0.717, 1.165) is 16.3 Å². The van der Waals surface area contributed by atoms with E-state index in [9.17, 15) is 14.4 Å². The highest BCUT2D eigenvalue weighted by molar-refractivity contribution is 6.39. The maximum Gasteiger partial charge on any atom is 0.335 e. The molecule has 0 radical (unpaired) electrons. The number of nitrogens with one attached hydrogen (secondary N) is 1. The van der Waals surface area contributed by atoms with Crippen LogP contribution in [0, 0.1) is 6.92 Å². The van der Waals surface area contributed by atoms with Crippen molar-refractivity contribution in [1.82, 2.24) is 9.88 Å². The number of hydrogen-bond donors (Lipinski definition) is 1. The number of carbonyl (C=O) groups excluding carboxylic acids is 3. The maximum absolute atomic E-state index is 13.1. The Morgan fingerprint density at radius 2 is 1.71 bits per heavy atom. The molecule has 2 aromatic carbocycles. The van der Waals surface area contributed by atoms with Gasteiger partial charge in [-0.15, -0.1) is 0 Å². The molecule has 154 valence electrons. The zero-order valence-electron chi connectivity index (χ0n) is 16.5. The highest BCUT2D eigenvalue weighted by Crippen LogP contribution is 2.36. The van der Waals surface area contributed by atoms with Crippen LogP contribution in [0.25, 0.3) is 11.8 Å². The number of barbiturate groups is 1. The first kappa shape index (κ1) is 18.7. The molecule has 0 saturated carbocycles. The third-order valence-corrected chi connectivity index (χ3v) is 5.10. The second kappa shape index (κ2) is 7.17. The molecule has 4 amide bonds. The molecular weight excluding hydrogens is 398 g/mol. The molecule has 1 N–H and O–H groups in total. The number of rotatable bonds is 3. The van der Waals surface area contributed by atoms with Crippen LogP contribution in [0.3, 0.4) is 0 Å². The van der Waals surface area contributed by atoms with Gasteiger partial charge in [0.1, 0.15) is 5.57 Å². The van der Waals surface area contributed by atoms with Crippen LogP contribution in [0.1, 0.15) is 11.3 Å². The first-order chi connectivity index (χ1) is 15.0. The van der Waals surface area contributed by atoms with Gasteiger partial charge in [-0.25, -0.2) is 9.69 Å². The van der Waals surface area contributed by atoms with Gasteiger partial charge in [-0.05, 0) is 48.9 Å². The summed E-state index contributed by atoms with van der Waals surface area (Å²) in [6.07, 6.45) is 3.32. The summed E-state index contributed by atoms with van der Waals surface area (Å²) in [5.41, 5.74) is 2.71. The number of amides is 4. The number of ether oxygens (including phenoxy) is 2.